The van der Waals surface area contributed by atoms with Crippen molar-refractivity contribution in [1.29, 1.82) is 0 Å². The predicted octanol–water partition coefficient (Wildman–Crippen LogP) is 6.78. The first-order valence-electron chi connectivity index (χ1n) is 12.9. The number of anilines is 1. The van der Waals surface area contributed by atoms with Crippen LogP contribution < -0.4 is 10.1 Å². The molecule has 0 aliphatic carbocycles. The number of nitrogens with one attached hydrogen (secondary N) is 1. The van der Waals surface area contributed by atoms with Gasteiger partial charge < -0.3 is 20.3 Å². The summed E-state index contributed by atoms with van der Waals surface area (Å²) in [7, 11) is -4.25. The van der Waals surface area contributed by atoms with Gasteiger partial charge in [-0.05, 0) is 70.2 Å². The number of benzene rings is 2. The number of thiophene rings is 1. The Balaban J connectivity index is 1.45. The lowest BCUT2D eigenvalue weighted by atomic mass is 10.1. The average molecular weight is 746 g/mol. The number of carboxylic acid groups (broad SMARTS) is 2. The summed E-state index contributed by atoms with van der Waals surface area (Å²) in [6.07, 6.45) is -9.65. The van der Waals surface area contributed by atoms with Crippen molar-refractivity contribution in [2.75, 3.05) is 25.0 Å². The van der Waals surface area contributed by atoms with Crippen molar-refractivity contribution in [3.05, 3.63) is 68.5 Å². The Morgan fingerprint density at radius 1 is 1.00 bits per heavy atom. The van der Waals surface area contributed by atoms with E-state index in [0.29, 0.717) is 28.3 Å². The predicted molar refractivity (Wildman–Crippen MR) is 155 cm³/mol. The molecule has 2 aromatic carbocycles. The highest BCUT2D eigenvalue weighted by Gasteiger charge is 2.38. The number of nitrogens with zero attached hydrogens (tertiary/aromatic N) is 1. The molecule has 0 unspecified atom stereocenters. The third kappa shape index (κ3) is 8.47. The molecule has 244 valence electrons. The molecular formula is C27H23BrF6N2O7S2. The van der Waals surface area contributed by atoms with Crippen molar-refractivity contribution in [1.82, 2.24) is 4.31 Å². The van der Waals surface area contributed by atoms with Crippen molar-refractivity contribution in [3.63, 3.8) is 0 Å². The fraction of sp³-hybridized carbons (Fsp3) is 0.333. The van der Waals surface area contributed by atoms with Gasteiger partial charge in [0.25, 0.3) is 0 Å². The van der Waals surface area contributed by atoms with Gasteiger partial charge in [0.05, 0.1) is 26.2 Å². The largest absolute Gasteiger partial charge is 0.479 e. The number of carbonyl (C=O) groups is 2. The van der Waals surface area contributed by atoms with Gasteiger partial charge >= 0.3 is 24.3 Å². The summed E-state index contributed by atoms with van der Waals surface area (Å²) in [6, 6.07) is 7.32. The Kier molecular flexibility index (Phi) is 10.1. The smallest absolute Gasteiger partial charge is 0.416 e. The van der Waals surface area contributed by atoms with E-state index >= 15 is 0 Å². The highest BCUT2D eigenvalue weighted by atomic mass is 79.9. The Hall–Kier alpha value is -3.35. The third-order valence-corrected chi connectivity index (χ3v) is 10.8. The van der Waals surface area contributed by atoms with E-state index in [1.165, 1.54) is 0 Å². The van der Waals surface area contributed by atoms with Crippen LogP contribution in [0.25, 0.3) is 10.4 Å². The second-order valence-corrected chi connectivity index (χ2v) is 13.7. The van der Waals surface area contributed by atoms with Gasteiger partial charge in [0, 0.05) is 24.8 Å². The third-order valence-electron chi connectivity index (χ3n) is 6.68. The zero-order chi connectivity index (χ0) is 33.3. The molecule has 0 spiro atoms. The molecule has 1 aliphatic heterocycles. The van der Waals surface area contributed by atoms with Gasteiger partial charge in [-0.2, -0.15) is 26.3 Å². The van der Waals surface area contributed by atoms with Crippen molar-refractivity contribution < 1.29 is 59.3 Å². The molecule has 1 saturated heterocycles. The molecule has 2 heterocycles. The van der Waals surface area contributed by atoms with Gasteiger partial charge in [-0.1, -0.05) is 12.1 Å². The fourth-order valence-electron chi connectivity index (χ4n) is 4.65. The molecule has 3 aromatic rings. The van der Waals surface area contributed by atoms with Crippen molar-refractivity contribution in [2.45, 2.75) is 37.0 Å². The first-order valence-corrected chi connectivity index (χ1v) is 16.1. The van der Waals surface area contributed by atoms with E-state index in [0.717, 1.165) is 15.6 Å². The number of aromatic carboxylic acids is 1. The molecule has 0 saturated carbocycles. The highest BCUT2D eigenvalue weighted by molar-refractivity contribution is 9.10. The number of ether oxygens (including phenoxy) is 1. The lowest BCUT2D eigenvalue weighted by Crippen LogP contribution is -2.42. The van der Waals surface area contributed by atoms with Gasteiger partial charge in [-0.3, -0.25) is 0 Å². The van der Waals surface area contributed by atoms with Crippen LogP contribution in [0.4, 0.5) is 32.0 Å². The number of sulfonamides is 1. The summed E-state index contributed by atoms with van der Waals surface area (Å²) < 4.78 is 112. The molecule has 3 N–H and O–H groups in total. The monoisotopic (exact) mass is 744 g/mol. The quantitative estimate of drug-likeness (QED) is 0.194. The lowest BCUT2D eigenvalue weighted by Gasteiger charge is -2.32. The number of carboxylic acids is 2. The fourth-order valence-corrected chi connectivity index (χ4v) is 8.08. The van der Waals surface area contributed by atoms with Gasteiger partial charge in [-0.15, -0.1) is 11.3 Å². The number of piperidine rings is 1. The zero-order valence-electron chi connectivity index (χ0n) is 22.7. The molecule has 4 rings (SSSR count). The van der Waals surface area contributed by atoms with E-state index in [2.05, 4.69) is 21.2 Å². The van der Waals surface area contributed by atoms with Gasteiger partial charge in [0.15, 0.2) is 17.2 Å². The van der Waals surface area contributed by atoms with Crippen LogP contribution in [0, 0.1) is 0 Å². The van der Waals surface area contributed by atoms with Gasteiger partial charge in [0.1, 0.15) is 0 Å². The molecule has 0 bridgehead atoms. The van der Waals surface area contributed by atoms with Crippen LogP contribution >= 0.6 is 27.3 Å². The van der Waals surface area contributed by atoms with Gasteiger partial charge in [0.2, 0.25) is 10.0 Å². The normalized spacial score (nSPS) is 15.2. The molecule has 1 aliphatic rings. The average Bonchev–Trinajstić information content (AvgIpc) is 3.27. The second-order valence-electron chi connectivity index (χ2n) is 9.96. The lowest BCUT2D eigenvalue weighted by molar-refractivity contribution is -0.143. The van der Waals surface area contributed by atoms with Crippen LogP contribution in [0.15, 0.2) is 46.9 Å². The van der Waals surface area contributed by atoms with Crippen LogP contribution in [0.5, 0.6) is 5.75 Å². The van der Waals surface area contributed by atoms with Crippen LogP contribution in [0.1, 0.15) is 39.2 Å². The maximum Gasteiger partial charge on any atom is 0.416 e. The van der Waals surface area contributed by atoms with Crippen molar-refractivity contribution in [3.8, 4) is 16.2 Å². The Labute approximate surface area is 264 Å². The Bertz CT molecular complexity index is 1670. The standard InChI is InChI=1S/C27H23BrF6N2O7S2/c28-21-22(43-12-20(37)38)24(25(39)40)44-23(21)15-2-1-3-19(10-15)35-18-4-6-36(7-5-18)45(41,42)13-14-8-16(26(29,30)31)11-17(9-14)27(32,33)34/h1-3,8-11,18,35H,4-7,12-13H2,(H,37,38)(H,39,40). The molecular weight excluding hydrogens is 722 g/mol. The van der Waals surface area contributed by atoms with Crippen LogP contribution in [0.3, 0.4) is 0 Å². The summed E-state index contributed by atoms with van der Waals surface area (Å²) in [4.78, 5) is 22.9. The van der Waals surface area contributed by atoms with Gasteiger partial charge in [-0.25, -0.2) is 22.3 Å². The summed E-state index contributed by atoms with van der Waals surface area (Å²) in [5, 5.41) is 21.7. The van der Waals surface area contributed by atoms with Crippen molar-refractivity contribution >= 4 is 54.9 Å². The summed E-state index contributed by atoms with van der Waals surface area (Å²) in [6.45, 7) is -0.819. The second kappa shape index (κ2) is 13.2. The van der Waals surface area contributed by atoms with Crippen molar-refractivity contribution in [2.24, 2.45) is 0 Å². The Morgan fingerprint density at radius 3 is 2.13 bits per heavy atom. The SMILES string of the molecule is O=C(O)COc1c(C(=O)O)sc(-c2cccc(NC3CCN(S(=O)(=O)Cc4cc(C(F)(F)F)cc(C(F)(F)F)c4)CC3)c2)c1Br. The minimum atomic E-state index is -5.10. The highest BCUT2D eigenvalue weighted by Crippen LogP contribution is 2.46. The van der Waals surface area contributed by atoms with Crippen LogP contribution in [-0.4, -0.2) is 60.6 Å². The van der Waals surface area contributed by atoms with Crippen LogP contribution in [-0.2, 0) is 32.9 Å². The topological polar surface area (TPSA) is 133 Å². The minimum absolute atomic E-state index is 0.0342. The summed E-state index contributed by atoms with van der Waals surface area (Å²) in [5.41, 5.74) is -2.64. The molecule has 0 radical (unpaired) electrons. The summed E-state index contributed by atoms with van der Waals surface area (Å²) in [5.74, 6) is -3.76. The van der Waals surface area contributed by atoms with E-state index in [9.17, 15) is 49.5 Å². The molecule has 0 amide bonds. The molecule has 18 heteroatoms. The summed E-state index contributed by atoms with van der Waals surface area (Å²) >= 11 is 4.16. The number of hydrogen-bond acceptors (Lipinski definition) is 7. The zero-order valence-corrected chi connectivity index (χ0v) is 25.9. The molecule has 9 nitrogen and oxygen atoms in total. The molecule has 45 heavy (non-hydrogen) atoms. The molecule has 0 atom stereocenters. The van der Waals surface area contributed by atoms with Crippen LogP contribution in [0.2, 0.25) is 0 Å². The number of halogens is 7. The number of aliphatic carboxylic acids is 1. The number of rotatable bonds is 10. The van der Waals surface area contributed by atoms with E-state index in [-0.39, 0.29) is 53.1 Å². The number of alkyl halides is 6. The molecule has 1 aromatic heterocycles. The number of hydrogen-bond donors (Lipinski definition) is 3. The van der Waals surface area contributed by atoms with E-state index in [1.54, 1.807) is 24.3 Å². The first kappa shape index (κ1) is 34.5. The maximum atomic E-state index is 13.2. The Morgan fingerprint density at radius 2 is 1.60 bits per heavy atom. The molecule has 1 fully saturated rings. The minimum Gasteiger partial charge on any atom is -0.479 e. The van der Waals surface area contributed by atoms with E-state index in [4.69, 9.17) is 9.84 Å². The van der Waals surface area contributed by atoms with E-state index < -0.39 is 63.4 Å². The van der Waals surface area contributed by atoms with E-state index in [1.807, 2.05) is 0 Å². The maximum absolute atomic E-state index is 13.2. The first-order chi connectivity index (χ1) is 20.8.